The average molecular weight is 343 g/mol. The van der Waals surface area contributed by atoms with Crippen molar-refractivity contribution in [1.29, 1.82) is 0 Å². The molecule has 0 saturated carbocycles. The topological polar surface area (TPSA) is 49.4 Å². The number of hydrogen-bond acceptors (Lipinski definition) is 2. The Kier molecular flexibility index (Phi) is 5.16. The average Bonchev–Trinajstić information content (AvgIpc) is 2.61. The summed E-state index contributed by atoms with van der Waals surface area (Å²) in [6, 6.07) is 14.9. The fourth-order valence-corrected chi connectivity index (χ4v) is 3.17. The molecule has 0 unspecified atom stereocenters. The van der Waals surface area contributed by atoms with Gasteiger partial charge in [-0.2, -0.15) is 0 Å². The smallest absolute Gasteiger partial charge is 0.252 e. The molecule has 24 heavy (non-hydrogen) atoms. The van der Waals surface area contributed by atoms with Crippen LogP contribution in [-0.4, -0.2) is 24.9 Å². The van der Waals surface area contributed by atoms with Crippen LogP contribution in [0.3, 0.4) is 0 Å². The zero-order chi connectivity index (χ0) is 16.9. The molecule has 3 rings (SSSR count). The Balaban J connectivity index is 1.57. The van der Waals surface area contributed by atoms with Crippen molar-refractivity contribution in [2.75, 3.05) is 18.0 Å². The normalized spacial score (nSPS) is 13.3. The highest BCUT2D eigenvalue weighted by molar-refractivity contribution is 6.33. The first kappa shape index (κ1) is 16.5. The molecule has 0 radical (unpaired) electrons. The van der Waals surface area contributed by atoms with Gasteiger partial charge in [0, 0.05) is 25.2 Å². The summed E-state index contributed by atoms with van der Waals surface area (Å²) in [7, 11) is 0. The van der Waals surface area contributed by atoms with Crippen molar-refractivity contribution in [3.63, 3.8) is 0 Å². The minimum Gasteiger partial charge on any atom is -0.351 e. The van der Waals surface area contributed by atoms with Crippen LogP contribution >= 0.6 is 11.6 Å². The van der Waals surface area contributed by atoms with E-state index in [4.69, 9.17) is 11.6 Å². The molecule has 1 aliphatic rings. The molecule has 2 aromatic carbocycles. The summed E-state index contributed by atoms with van der Waals surface area (Å²) in [4.78, 5) is 26.4. The Morgan fingerprint density at radius 3 is 2.67 bits per heavy atom. The molecule has 1 N–H and O–H groups in total. The Labute approximate surface area is 146 Å². The third-order valence-corrected chi connectivity index (χ3v) is 4.48. The quantitative estimate of drug-likeness (QED) is 0.925. The minimum atomic E-state index is -0.257. The molecule has 1 heterocycles. The molecule has 0 aromatic heterocycles. The van der Waals surface area contributed by atoms with Crippen molar-refractivity contribution in [2.45, 2.75) is 19.3 Å². The van der Waals surface area contributed by atoms with Crippen LogP contribution < -0.4 is 10.2 Å². The number of amides is 2. The van der Waals surface area contributed by atoms with Crippen LogP contribution in [0.5, 0.6) is 0 Å². The van der Waals surface area contributed by atoms with Crippen LogP contribution in [-0.2, 0) is 11.2 Å². The molecule has 0 bridgehead atoms. The van der Waals surface area contributed by atoms with E-state index in [2.05, 4.69) is 11.4 Å². The lowest BCUT2D eigenvalue weighted by Crippen LogP contribution is -2.37. The maximum Gasteiger partial charge on any atom is 0.252 e. The molecule has 5 heteroatoms. The molecule has 0 saturated heterocycles. The van der Waals surface area contributed by atoms with Gasteiger partial charge in [0.1, 0.15) is 0 Å². The van der Waals surface area contributed by atoms with E-state index in [1.165, 1.54) is 5.56 Å². The summed E-state index contributed by atoms with van der Waals surface area (Å²) in [6.45, 7) is 1.02. The van der Waals surface area contributed by atoms with Gasteiger partial charge >= 0.3 is 0 Å². The zero-order valence-corrected chi connectivity index (χ0v) is 14.1. The van der Waals surface area contributed by atoms with Crippen molar-refractivity contribution in [1.82, 2.24) is 5.32 Å². The molecule has 4 nitrogen and oxygen atoms in total. The van der Waals surface area contributed by atoms with Gasteiger partial charge in [0.25, 0.3) is 5.91 Å². The van der Waals surface area contributed by atoms with Crippen LogP contribution in [0.1, 0.15) is 28.8 Å². The van der Waals surface area contributed by atoms with Crippen LogP contribution in [0.2, 0.25) is 5.02 Å². The van der Waals surface area contributed by atoms with Gasteiger partial charge in [0.15, 0.2) is 0 Å². The monoisotopic (exact) mass is 342 g/mol. The van der Waals surface area contributed by atoms with E-state index >= 15 is 0 Å². The minimum absolute atomic E-state index is 0.0293. The number of nitrogens with one attached hydrogen (secondary N) is 1. The molecule has 0 spiro atoms. The largest absolute Gasteiger partial charge is 0.351 e. The van der Waals surface area contributed by atoms with Crippen LogP contribution in [0.15, 0.2) is 48.5 Å². The summed E-state index contributed by atoms with van der Waals surface area (Å²) in [6.07, 6.45) is 2.24. The summed E-state index contributed by atoms with van der Waals surface area (Å²) in [5.41, 5.74) is 2.62. The lowest BCUT2D eigenvalue weighted by Gasteiger charge is -2.29. The maximum absolute atomic E-state index is 12.5. The van der Waals surface area contributed by atoms with Crippen molar-refractivity contribution >= 4 is 29.1 Å². The van der Waals surface area contributed by atoms with Crippen molar-refractivity contribution in [3.8, 4) is 0 Å². The summed E-state index contributed by atoms with van der Waals surface area (Å²) >= 11 is 6.00. The number of nitrogens with zero attached hydrogens (tertiary/aromatic N) is 1. The molecule has 2 amide bonds. The highest BCUT2D eigenvalue weighted by atomic mass is 35.5. The van der Waals surface area contributed by atoms with Gasteiger partial charge in [-0.05, 0) is 36.6 Å². The number of rotatable bonds is 4. The van der Waals surface area contributed by atoms with Crippen molar-refractivity contribution < 1.29 is 9.59 Å². The summed E-state index contributed by atoms with van der Waals surface area (Å²) in [5.74, 6) is -0.228. The molecule has 0 aliphatic carbocycles. The first-order valence-corrected chi connectivity index (χ1v) is 8.45. The highest BCUT2D eigenvalue weighted by Gasteiger charge is 2.21. The second-order valence-electron chi connectivity index (χ2n) is 5.76. The lowest BCUT2D eigenvalue weighted by atomic mass is 10.0. The Bertz CT molecular complexity index is 761. The van der Waals surface area contributed by atoms with Crippen LogP contribution in [0, 0.1) is 0 Å². The van der Waals surface area contributed by atoms with Crippen LogP contribution in [0.25, 0.3) is 0 Å². The van der Waals surface area contributed by atoms with E-state index in [-0.39, 0.29) is 18.2 Å². The fraction of sp³-hybridized carbons (Fsp3) is 0.263. The van der Waals surface area contributed by atoms with E-state index in [1.807, 2.05) is 23.1 Å². The number of halogens is 1. The Morgan fingerprint density at radius 1 is 1.08 bits per heavy atom. The van der Waals surface area contributed by atoms with Gasteiger partial charge in [0.2, 0.25) is 5.91 Å². The molecular formula is C19H19ClN2O2. The number of carbonyl (C=O) groups excluding carboxylic acids is 2. The summed E-state index contributed by atoms with van der Waals surface area (Å²) < 4.78 is 0. The lowest BCUT2D eigenvalue weighted by molar-refractivity contribution is -0.118. The summed E-state index contributed by atoms with van der Waals surface area (Å²) in [5, 5.41) is 3.17. The van der Waals surface area contributed by atoms with Gasteiger partial charge in [-0.1, -0.05) is 41.9 Å². The second kappa shape index (κ2) is 7.49. The molecule has 1 aliphatic heterocycles. The number of anilines is 1. The van der Waals surface area contributed by atoms with E-state index in [9.17, 15) is 9.59 Å². The van der Waals surface area contributed by atoms with E-state index in [0.29, 0.717) is 17.1 Å². The van der Waals surface area contributed by atoms with Gasteiger partial charge < -0.3 is 10.2 Å². The van der Waals surface area contributed by atoms with E-state index in [0.717, 1.165) is 25.1 Å². The predicted molar refractivity (Wildman–Crippen MR) is 95.5 cm³/mol. The Morgan fingerprint density at radius 2 is 1.83 bits per heavy atom. The second-order valence-corrected chi connectivity index (χ2v) is 6.17. The number of carbonyl (C=O) groups is 2. The Hall–Kier alpha value is -2.33. The predicted octanol–water partition coefficient (Wildman–Crippen LogP) is 3.44. The SMILES string of the molecule is O=C(NCCC(=O)N1CCCc2ccccc21)c1ccccc1Cl. The number of benzene rings is 2. The van der Waals surface area contributed by atoms with Crippen molar-refractivity contribution in [2.24, 2.45) is 0 Å². The molecule has 124 valence electrons. The number of hydrogen-bond donors (Lipinski definition) is 1. The van der Waals surface area contributed by atoms with Crippen LogP contribution in [0.4, 0.5) is 5.69 Å². The molecular weight excluding hydrogens is 324 g/mol. The first-order chi connectivity index (χ1) is 11.7. The third-order valence-electron chi connectivity index (χ3n) is 4.15. The van der Waals surface area contributed by atoms with Gasteiger partial charge in [-0.15, -0.1) is 0 Å². The van der Waals surface area contributed by atoms with E-state index < -0.39 is 0 Å². The van der Waals surface area contributed by atoms with E-state index in [1.54, 1.807) is 24.3 Å². The van der Waals surface area contributed by atoms with Gasteiger partial charge in [0.05, 0.1) is 10.6 Å². The van der Waals surface area contributed by atoms with Gasteiger partial charge in [-0.3, -0.25) is 9.59 Å². The maximum atomic E-state index is 12.5. The number of aryl methyl sites for hydroxylation is 1. The van der Waals surface area contributed by atoms with Gasteiger partial charge in [-0.25, -0.2) is 0 Å². The first-order valence-electron chi connectivity index (χ1n) is 8.08. The van der Waals surface area contributed by atoms with Crippen molar-refractivity contribution in [3.05, 3.63) is 64.7 Å². The highest BCUT2D eigenvalue weighted by Crippen LogP contribution is 2.27. The molecule has 2 aromatic rings. The number of fused-ring (bicyclic) bond motifs is 1. The molecule has 0 atom stereocenters. The standard InChI is InChI=1S/C19H19ClN2O2/c20-16-9-3-2-8-15(16)19(24)21-12-11-18(23)22-13-5-7-14-6-1-4-10-17(14)22/h1-4,6,8-10H,5,7,11-13H2,(H,21,24). The molecule has 0 fully saturated rings. The zero-order valence-electron chi connectivity index (χ0n) is 13.3. The fourth-order valence-electron chi connectivity index (χ4n) is 2.95. The third kappa shape index (κ3) is 3.60. The number of para-hydroxylation sites is 1.